The van der Waals surface area contributed by atoms with Gasteiger partial charge in [-0.05, 0) is 23.8 Å². The minimum Gasteiger partial charge on any atom is -0.505 e. The normalized spacial score (nSPS) is 11.1. The maximum Gasteiger partial charge on any atom is 0.336 e. The first kappa shape index (κ1) is 22.6. The van der Waals surface area contributed by atoms with E-state index < -0.39 is 34.7 Å². The molecule has 4 rings (SSSR count). The van der Waals surface area contributed by atoms with Crippen LogP contribution in [0.25, 0.3) is 33.4 Å². The van der Waals surface area contributed by atoms with Crippen molar-refractivity contribution in [3.8, 4) is 28.2 Å². The molecule has 0 spiro atoms. The first-order valence-corrected chi connectivity index (χ1v) is 11.0. The summed E-state index contributed by atoms with van der Waals surface area (Å²) in [5.74, 6) is -4.67. The Kier molecular flexibility index (Phi) is 6.02. The van der Waals surface area contributed by atoms with Gasteiger partial charge in [0.25, 0.3) is 0 Å². The van der Waals surface area contributed by atoms with Crippen molar-refractivity contribution in [2.45, 2.75) is 6.54 Å². The van der Waals surface area contributed by atoms with Crippen molar-refractivity contribution in [1.29, 1.82) is 0 Å². The number of carbonyl (C=O) groups is 2. The SMILES string of the molecule is O=C(CI)NCc1c2oc3cc(O)c(F)cc3c(-c3ccccc3C(=O)O)c-2cc(F)c1=O. The van der Waals surface area contributed by atoms with Crippen molar-refractivity contribution in [2.75, 3.05) is 4.43 Å². The molecule has 1 aliphatic carbocycles. The first-order valence-electron chi connectivity index (χ1n) is 9.48. The zero-order chi connectivity index (χ0) is 23.9. The Hall–Kier alpha value is -3.54. The van der Waals surface area contributed by atoms with Crippen LogP contribution in [0.15, 0.2) is 51.7 Å². The number of hydrogen-bond donors (Lipinski definition) is 3. The third kappa shape index (κ3) is 4.01. The van der Waals surface area contributed by atoms with E-state index in [0.717, 1.165) is 18.2 Å². The van der Waals surface area contributed by atoms with E-state index in [9.17, 15) is 33.4 Å². The van der Waals surface area contributed by atoms with Gasteiger partial charge in [0, 0.05) is 22.6 Å². The Labute approximate surface area is 198 Å². The number of amides is 1. The fourth-order valence-electron chi connectivity index (χ4n) is 3.62. The molecule has 2 aliphatic rings. The molecule has 0 aromatic heterocycles. The van der Waals surface area contributed by atoms with Gasteiger partial charge >= 0.3 is 5.97 Å². The van der Waals surface area contributed by atoms with Crippen molar-refractivity contribution in [2.24, 2.45) is 0 Å². The van der Waals surface area contributed by atoms with Gasteiger partial charge in [-0.2, -0.15) is 0 Å². The Morgan fingerprint density at radius 1 is 1.06 bits per heavy atom. The third-order valence-corrected chi connectivity index (χ3v) is 5.78. The summed E-state index contributed by atoms with van der Waals surface area (Å²) < 4.78 is 34.9. The predicted molar refractivity (Wildman–Crippen MR) is 124 cm³/mol. The minimum atomic E-state index is -1.28. The molecular weight excluding hydrogens is 551 g/mol. The molecular formula is C23H14F2INO6. The number of carboxylic acids is 1. The van der Waals surface area contributed by atoms with Crippen LogP contribution >= 0.6 is 22.6 Å². The fraction of sp³-hybridized carbons (Fsp3) is 0.0870. The molecule has 7 nitrogen and oxygen atoms in total. The van der Waals surface area contributed by atoms with E-state index in [0.29, 0.717) is 0 Å². The highest BCUT2D eigenvalue weighted by molar-refractivity contribution is 14.1. The summed E-state index contributed by atoms with van der Waals surface area (Å²) in [5, 5.41) is 22.1. The molecule has 0 atom stereocenters. The number of phenolic OH excluding ortho intramolecular Hbond substituents is 1. The number of aromatic carboxylic acids is 1. The number of alkyl halides is 1. The van der Waals surface area contributed by atoms with Gasteiger partial charge in [0.1, 0.15) is 11.3 Å². The van der Waals surface area contributed by atoms with Crippen molar-refractivity contribution in [3.05, 3.63) is 75.4 Å². The zero-order valence-corrected chi connectivity index (χ0v) is 18.8. The zero-order valence-electron chi connectivity index (χ0n) is 16.6. The Balaban J connectivity index is 2.16. The molecule has 2 aromatic carbocycles. The van der Waals surface area contributed by atoms with Crippen LogP contribution in [0.3, 0.4) is 0 Å². The van der Waals surface area contributed by atoms with Gasteiger partial charge in [0.05, 0.1) is 22.1 Å². The maximum atomic E-state index is 14.7. The lowest BCUT2D eigenvalue weighted by Gasteiger charge is -2.19. The van der Waals surface area contributed by atoms with Crippen LogP contribution < -0.4 is 10.7 Å². The molecule has 0 saturated heterocycles. The van der Waals surface area contributed by atoms with Gasteiger partial charge in [-0.15, -0.1) is 0 Å². The van der Waals surface area contributed by atoms with Crippen LogP contribution in [0.4, 0.5) is 8.78 Å². The molecule has 0 fully saturated rings. The average Bonchev–Trinajstić information content (AvgIpc) is 2.79. The van der Waals surface area contributed by atoms with Crippen molar-refractivity contribution in [1.82, 2.24) is 5.32 Å². The number of aromatic hydroxyl groups is 1. The van der Waals surface area contributed by atoms with Crippen LogP contribution in [0.1, 0.15) is 15.9 Å². The molecule has 1 aliphatic heterocycles. The molecule has 1 amide bonds. The monoisotopic (exact) mass is 565 g/mol. The van der Waals surface area contributed by atoms with E-state index in [2.05, 4.69) is 5.32 Å². The number of phenols is 1. The highest BCUT2D eigenvalue weighted by atomic mass is 127. The van der Waals surface area contributed by atoms with Crippen molar-refractivity contribution >= 4 is 45.4 Å². The smallest absolute Gasteiger partial charge is 0.336 e. The number of rotatable bonds is 5. The summed E-state index contributed by atoms with van der Waals surface area (Å²) >= 11 is 1.82. The summed E-state index contributed by atoms with van der Waals surface area (Å²) in [7, 11) is 0. The lowest BCUT2D eigenvalue weighted by molar-refractivity contribution is -0.118. The summed E-state index contributed by atoms with van der Waals surface area (Å²) in [5.41, 5.74) is -1.19. The van der Waals surface area contributed by atoms with Gasteiger partial charge in [-0.1, -0.05) is 40.8 Å². The maximum absolute atomic E-state index is 14.7. The quantitative estimate of drug-likeness (QED) is 0.189. The minimum absolute atomic E-state index is 0.0112. The Morgan fingerprint density at radius 3 is 2.48 bits per heavy atom. The summed E-state index contributed by atoms with van der Waals surface area (Å²) in [6.07, 6.45) is 0. The van der Waals surface area contributed by atoms with E-state index in [1.165, 1.54) is 18.2 Å². The largest absolute Gasteiger partial charge is 0.505 e. The number of hydrogen-bond acceptors (Lipinski definition) is 5. The third-order valence-electron chi connectivity index (χ3n) is 5.09. The average molecular weight is 565 g/mol. The van der Waals surface area contributed by atoms with Gasteiger partial charge in [-0.3, -0.25) is 9.59 Å². The van der Waals surface area contributed by atoms with Crippen LogP contribution in [-0.2, 0) is 11.3 Å². The Bertz CT molecular complexity index is 1470. The molecule has 168 valence electrons. The number of halogens is 3. The highest BCUT2D eigenvalue weighted by Gasteiger charge is 2.27. The second-order valence-electron chi connectivity index (χ2n) is 7.08. The lowest BCUT2D eigenvalue weighted by Crippen LogP contribution is -2.28. The van der Waals surface area contributed by atoms with E-state index >= 15 is 0 Å². The number of benzene rings is 3. The second kappa shape index (κ2) is 8.77. The number of carboxylic acid groups (broad SMARTS) is 1. The molecule has 2 aromatic rings. The van der Waals surface area contributed by atoms with Gasteiger partial charge < -0.3 is 19.9 Å². The van der Waals surface area contributed by atoms with Crippen LogP contribution in [0, 0.1) is 11.6 Å². The van der Waals surface area contributed by atoms with Crippen LogP contribution in [0.5, 0.6) is 5.75 Å². The van der Waals surface area contributed by atoms with Crippen LogP contribution in [-0.4, -0.2) is 26.5 Å². The summed E-state index contributed by atoms with van der Waals surface area (Å²) in [6.45, 7) is -0.350. The predicted octanol–water partition coefficient (Wildman–Crippen LogP) is 4.30. The molecule has 0 saturated carbocycles. The molecule has 33 heavy (non-hydrogen) atoms. The second-order valence-corrected chi connectivity index (χ2v) is 7.84. The number of nitrogens with one attached hydrogen (secondary N) is 1. The topological polar surface area (TPSA) is 117 Å². The summed E-state index contributed by atoms with van der Waals surface area (Å²) in [6, 6.07) is 8.67. The van der Waals surface area contributed by atoms with Gasteiger partial charge in [-0.25, -0.2) is 13.6 Å². The molecule has 0 unspecified atom stereocenters. The molecule has 10 heteroatoms. The van der Waals surface area contributed by atoms with E-state index in [1.54, 1.807) is 6.07 Å². The van der Waals surface area contributed by atoms with Gasteiger partial charge in [0.15, 0.2) is 17.4 Å². The molecule has 3 N–H and O–H groups in total. The van der Waals surface area contributed by atoms with Gasteiger partial charge in [0.2, 0.25) is 11.3 Å². The standard InChI is InChI=1S/C23H14F2INO6/c24-15-5-12-18(7-17(15)28)33-22-13(20(12)10-3-1-2-4-11(10)23(31)32)6-16(25)21(30)14(22)9-27-19(29)8-26/h1-7,28H,8-9H2,(H,27,29)(H,31,32). The van der Waals surface area contributed by atoms with E-state index in [1.807, 2.05) is 22.6 Å². The Morgan fingerprint density at radius 2 is 1.79 bits per heavy atom. The molecule has 0 bridgehead atoms. The van der Waals surface area contributed by atoms with E-state index in [-0.39, 0.29) is 55.5 Å². The van der Waals surface area contributed by atoms with Crippen molar-refractivity contribution < 1.29 is 33.0 Å². The van der Waals surface area contributed by atoms with E-state index in [4.69, 9.17) is 4.42 Å². The first-order chi connectivity index (χ1) is 15.7. The number of carbonyl (C=O) groups excluding carboxylic acids is 1. The lowest BCUT2D eigenvalue weighted by atomic mass is 9.89. The highest BCUT2D eigenvalue weighted by Crippen LogP contribution is 2.43. The summed E-state index contributed by atoms with van der Waals surface area (Å²) in [4.78, 5) is 36.2. The van der Waals surface area contributed by atoms with Crippen molar-refractivity contribution in [3.63, 3.8) is 0 Å². The fourth-order valence-corrected chi connectivity index (χ4v) is 3.89. The molecule has 0 radical (unpaired) electrons. The molecule has 1 heterocycles. The van der Waals surface area contributed by atoms with Crippen LogP contribution in [0.2, 0.25) is 0 Å². The number of fused-ring (bicyclic) bond motifs is 2.